The molecule has 0 amide bonds. The quantitative estimate of drug-likeness (QED) is 0.123. The summed E-state index contributed by atoms with van der Waals surface area (Å²) in [6.07, 6.45) is 3.52. The molecule has 0 saturated heterocycles. The summed E-state index contributed by atoms with van der Waals surface area (Å²) < 4.78 is 13.5. The molecule has 0 radical (unpaired) electrons. The van der Waals surface area contributed by atoms with E-state index >= 15 is 0 Å². The van der Waals surface area contributed by atoms with Crippen molar-refractivity contribution in [3.05, 3.63) is 132 Å². The lowest BCUT2D eigenvalue weighted by molar-refractivity contribution is -0.573. The van der Waals surface area contributed by atoms with E-state index in [4.69, 9.17) is 9.72 Å². The molecular formula is C47H52N4O. The van der Waals surface area contributed by atoms with Crippen LogP contribution in [-0.2, 0) is 17.9 Å². The maximum atomic E-state index is 6.97. The van der Waals surface area contributed by atoms with Crippen LogP contribution in [0.25, 0.3) is 44.8 Å². The van der Waals surface area contributed by atoms with Crippen molar-refractivity contribution in [2.75, 3.05) is 0 Å². The normalized spacial score (nSPS) is 12.5. The highest BCUT2D eigenvalue weighted by Crippen LogP contribution is 2.40. The van der Waals surface area contributed by atoms with Crippen molar-refractivity contribution in [1.29, 1.82) is 0 Å². The number of fused-ring (bicyclic) bond motifs is 2. The highest BCUT2D eigenvalue weighted by Gasteiger charge is 2.25. The Hall–Kier alpha value is -5.16. The molecule has 52 heavy (non-hydrogen) atoms. The first kappa shape index (κ1) is 35.3. The highest BCUT2D eigenvalue weighted by atomic mass is 16.5. The number of nitrogens with zero attached hydrogens (tertiary/aromatic N) is 4. The Balaban J connectivity index is 1.44. The van der Waals surface area contributed by atoms with E-state index < -0.39 is 0 Å². The zero-order chi connectivity index (χ0) is 37.1. The molecule has 0 unspecified atom stereocenters. The largest absolute Gasteiger partial charge is 0.458 e. The van der Waals surface area contributed by atoms with Crippen LogP contribution in [0, 0.1) is 6.33 Å². The maximum absolute atomic E-state index is 6.97. The summed E-state index contributed by atoms with van der Waals surface area (Å²) in [5.41, 5.74) is 12.3. The van der Waals surface area contributed by atoms with E-state index in [0.29, 0.717) is 11.8 Å². The molecule has 0 aliphatic heterocycles. The van der Waals surface area contributed by atoms with Crippen LogP contribution in [0.4, 0.5) is 0 Å². The fourth-order valence-corrected chi connectivity index (χ4v) is 7.17. The average Bonchev–Trinajstić information content (AvgIpc) is 3.65. The van der Waals surface area contributed by atoms with Gasteiger partial charge in [0, 0.05) is 5.56 Å². The zero-order valence-electron chi connectivity index (χ0n) is 32.7. The Kier molecular flexibility index (Phi) is 8.89. The van der Waals surface area contributed by atoms with Crippen LogP contribution in [0.1, 0.15) is 103 Å². The first-order chi connectivity index (χ1) is 24.6. The number of imidazole rings is 2. The van der Waals surface area contributed by atoms with E-state index in [2.05, 4.69) is 188 Å². The second-order valence-electron chi connectivity index (χ2n) is 16.9. The Labute approximate surface area is 309 Å². The zero-order valence-corrected chi connectivity index (χ0v) is 32.7. The van der Waals surface area contributed by atoms with Gasteiger partial charge in [0.05, 0.1) is 40.5 Å². The van der Waals surface area contributed by atoms with Gasteiger partial charge in [-0.05, 0) is 87.4 Å². The van der Waals surface area contributed by atoms with Crippen LogP contribution in [0.2, 0.25) is 0 Å². The lowest BCUT2D eigenvalue weighted by Crippen LogP contribution is -2.30. The van der Waals surface area contributed by atoms with E-state index in [1.54, 1.807) is 0 Å². The van der Waals surface area contributed by atoms with Gasteiger partial charge < -0.3 is 13.9 Å². The van der Waals surface area contributed by atoms with Crippen molar-refractivity contribution in [3.8, 4) is 34.3 Å². The van der Waals surface area contributed by atoms with E-state index in [1.165, 1.54) is 27.9 Å². The van der Waals surface area contributed by atoms with E-state index in [9.17, 15) is 0 Å². The van der Waals surface area contributed by atoms with Gasteiger partial charge in [0.25, 0.3) is 0 Å². The number of hydrogen-bond acceptors (Lipinski definition) is 2. The lowest BCUT2D eigenvalue weighted by atomic mass is 9.85. The molecule has 0 bridgehead atoms. The minimum Gasteiger partial charge on any atom is -0.458 e. The number of rotatable bonds is 7. The standard InChI is InChI=1S/C47H52N4O/c1-30(2)38-17-16-18-39(31(3)4)44(38)51-41-20-13-12-19-40(41)48-45(51)32-23-33(46(5,6)7)26-36(24-32)52-37-27-34(47(8,9)10)25-35(28-37)50-29-49(11)42-21-14-15-22-43(42)50/h12-28,30-31H,1-11H3. The molecule has 0 fully saturated rings. The van der Waals surface area contributed by atoms with Gasteiger partial charge in [-0.2, -0.15) is 0 Å². The van der Waals surface area contributed by atoms with Crippen molar-refractivity contribution < 1.29 is 9.30 Å². The fourth-order valence-electron chi connectivity index (χ4n) is 7.17. The van der Waals surface area contributed by atoms with Gasteiger partial charge in [0.15, 0.2) is 0 Å². The molecule has 0 aliphatic carbocycles. The molecule has 0 atom stereocenters. The third-order valence-electron chi connectivity index (χ3n) is 10.1. The second-order valence-corrected chi connectivity index (χ2v) is 16.9. The minimum absolute atomic E-state index is 0.0968. The number of aromatic nitrogens is 4. The number of ether oxygens (including phenoxy) is 1. The molecule has 5 heteroatoms. The highest BCUT2D eigenvalue weighted by molar-refractivity contribution is 5.84. The Morgan fingerprint density at radius 1 is 0.654 bits per heavy atom. The second kappa shape index (κ2) is 13.1. The first-order valence-electron chi connectivity index (χ1n) is 18.6. The van der Waals surface area contributed by atoms with Crippen LogP contribution in [0.5, 0.6) is 11.5 Å². The summed E-state index contributed by atoms with van der Waals surface area (Å²) >= 11 is 0. The van der Waals surface area contributed by atoms with Crippen molar-refractivity contribution in [2.45, 2.75) is 91.9 Å². The fraction of sp³-hybridized carbons (Fsp3) is 0.319. The molecule has 7 aromatic rings. The monoisotopic (exact) mass is 688 g/mol. The first-order valence-corrected chi connectivity index (χ1v) is 18.6. The number of para-hydroxylation sites is 5. The number of benzene rings is 5. The third kappa shape index (κ3) is 6.53. The molecule has 0 saturated carbocycles. The van der Waals surface area contributed by atoms with Gasteiger partial charge >= 0.3 is 0 Å². The number of hydrogen-bond donors (Lipinski definition) is 0. The summed E-state index contributed by atoms with van der Waals surface area (Å²) in [5.74, 6) is 3.16. The van der Waals surface area contributed by atoms with Gasteiger partial charge in [-0.25, -0.2) is 4.98 Å². The molecule has 2 aromatic heterocycles. The lowest BCUT2D eigenvalue weighted by Gasteiger charge is -2.25. The molecule has 0 spiro atoms. The molecule has 0 N–H and O–H groups in total. The molecule has 7 rings (SSSR count). The van der Waals surface area contributed by atoms with Crippen LogP contribution >= 0.6 is 0 Å². The SMILES string of the molecule is CC(C)c1cccc(C(C)C)c1-n1c(-c2cc(Oc3cc(-[n+]4[c-]n(C)c5ccccc54)cc(C(C)(C)C)c3)cc(C(C)(C)C)c2)nc2ccccc21. The predicted octanol–water partition coefficient (Wildman–Crippen LogP) is 11.9. The minimum atomic E-state index is -0.129. The van der Waals surface area contributed by atoms with Crippen LogP contribution in [-0.4, -0.2) is 14.1 Å². The summed E-state index contributed by atoms with van der Waals surface area (Å²) in [6, 6.07) is 36.9. The molecule has 5 nitrogen and oxygen atoms in total. The molecule has 0 aliphatic rings. The van der Waals surface area contributed by atoms with Crippen molar-refractivity contribution in [1.82, 2.24) is 14.1 Å². The van der Waals surface area contributed by atoms with E-state index in [1.807, 2.05) is 11.6 Å². The smallest absolute Gasteiger partial charge is 0.244 e. The van der Waals surface area contributed by atoms with Gasteiger partial charge in [0.2, 0.25) is 6.33 Å². The van der Waals surface area contributed by atoms with E-state index in [0.717, 1.165) is 50.6 Å². The van der Waals surface area contributed by atoms with Crippen LogP contribution < -0.4 is 9.30 Å². The van der Waals surface area contributed by atoms with Gasteiger partial charge in [0.1, 0.15) is 17.3 Å². The van der Waals surface area contributed by atoms with Crippen molar-refractivity contribution in [3.63, 3.8) is 0 Å². The summed E-state index contributed by atoms with van der Waals surface area (Å²) in [5, 5.41) is 0. The number of aryl methyl sites for hydroxylation is 1. The summed E-state index contributed by atoms with van der Waals surface area (Å²) in [6.45, 7) is 22.6. The topological polar surface area (TPSA) is 35.9 Å². The molecule has 2 heterocycles. The Morgan fingerprint density at radius 2 is 1.23 bits per heavy atom. The Bertz CT molecular complexity index is 2400. The summed E-state index contributed by atoms with van der Waals surface area (Å²) in [4.78, 5) is 5.36. The molecule has 266 valence electrons. The average molecular weight is 689 g/mol. The Morgan fingerprint density at radius 3 is 1.87 bits per heavy atom. The summed E-state index contributed by atoms with van der Waals surface area (Å²) in [7, 11) is 2.04. The van der Waals surface area contributed by atoms with Gasteiger partial charge in [-0.3, -0.25) is 4.57 Å². The molecule has 5 aromatic carbocycles. The predicted molar refractivity (Wildman–Crippen MR) is 215 cm³/mol. The van der Waals surface area contributed by atoms with Gasteiger partial charge in [-0.1, -0.05) is 130 Å². The van der Waals surface area contributed by atoms with Crippen LogP contribution in [0.3, 0.4) is 0 Å². The van der Waals surface area contributed by atoms with Gasteiger partial charge in [-0.15, -0.1) is 0 Å². The third-order valence-corrected chi connectivity index (χ3v) is 10.1. The van der Waals surface area contributed by atoms with E-state index in [-0.39, 0.29) is 10.8 Å². The molecular weight excluding hydrogens is 637 g/mol. The van der Waals surface area contributed by atoms with Crippen molar-refractivity contribution in [2.24, 2.45) is 7.05 Å². The van der Waals surface area contributed by atoms with Crippen LogP contribution in [0.15, 0.2) is 103 Å². The maximum Gasteiger partial charge on any atom is 0.244 e. The van der Waals surface area contributed by atoms with Crippen molar-refractivity contribution >= 4 is 22.1 Å².